The Morgan fingerprint density at radius 2 is 1.89 bits per heavy atom. The predicted octanol–water partition coefficient (Wildman–Crippen LogP) is 4.32. The monoisotopic (exact) mass is 275 g/mol. The van der Waals surface area contributed by atoms with Crippen molar-refractivity contribution in [3.05, 3.63) is 53.7 Å². The van der Waals surface area contributed by atoms with Gasteiger partial charge in [-0.3, -0.25) is 0 Å². The lowest BCUT2D eigenvalue weighted by Gasteiger charge is -2.00. The smallest absolute Gasteiger partial charge is 0.218 e. The lowest BCUT2D eigenvalue weighted by molar-refractivity contribution is 0.546. The SMILES string of the molecule is C(=C\c1nc(C2SCCS2)co1)/c1ccccc1. The zero-order chi connectivity index (χ0) is 12.2. The van der Waals surface area contributed by atoms with Gasteiger partial charge in [0.15, 0.2) is 0 Å². The van der Waals surface area contributed by atoms with Crippen molar-refractivity contribution in [1.29, 1.82) is 0 Å². The fourth-order valence-corrected chi connectivity index (χ4v) is 4.46. The van der Waals surface area contributed by atoms with Crippen LogP contribution in [-0.4, -0.2) is 16.5 Å². The van der Waals surface area contributed by atoms with Gasteiger partial charge in [0.25, 0.3) is 0 Å². The number of hydrogen-bond donors (Lipinski definition) is 0. The number of hydrogen-bond acceptors (Lipinski definition) is 4. The highest BCUT2D eigenvalue weighted by Gasteiger charge is 2.21. The molecule has 3 rings (SSSR count). The average Bonchev–Trinajstić information content (AvgIpc) is 3.08. The summed E-state index contributed by atoms with van der Waals surface area (Å²) in [6.45, 7) is 0. The van der Waals surface area contributed by atoms with Gasteiger partial charge in [-0.2, -0.15) is 0 Å². The number of rotatable bonds is 3. The average molecular weight is 275 g/mol. The maximum absolute atomic E-state index is 5.47. The lowest BCUT2D eigenvalue weighted by atomic mass is 10.2. The summed E-state index contributed by atoms with van der Waals surface area (Å²) in [4.78, 5) is 4.51. The van der Waals surface area contributed by atoms with Crippen molar-refractivity contribution in [1.82, 2.24) is 4.98 Å². The number of aromatic nitrogens is 1. The maximum Gasteiger partial charge on any atom is 0.218 e. The van der Waals surface area contributed by atoms with Crippen LogP contribution in [-0.2, 0) is 0 Å². The van der Waals surface area contributed by atoms with Crippen LogP contribution in [0.3, 0.4) is 0 Å². The van der Waals surface area contributed by atoms with Gasteiger partial charge in [0.2, 0.25) is 5.89 Å². The van der Waals surface area contributed by atoms with Crippen molar-refractivity contribution in [2.75, 3.05) is 11.5 Å². The molecule has 2 aromatic rings. The molecule has 92 valence electrons. The standard InChI is InChI=1S/C14H13NOS2/c1-2-4-11(5-3-1)6-7-13-15-12(10-16-13)14-17-8-9-18-14/h1-7,10,14H,8-9H2/b7-6+. The van der Waals surface area contributed by atoms with E-state index in [-0.39, 0.29) is 0 Å². The van der Waals surface area contributed by atoms with E-state index in [4.69, 9.17) is 4.42 Å². The van der Waals surface area contributed by atoms with Gasteiger partial charge < -0.3 is 4.42 Å². The molecule has 0 saturated carbocycles. The first-order valence-corrected chi connectivity index (χ1v) is 7.93. The fourth-order valence-electron chi connectivity index (χ4n) is 1.75. The van der Waals surface area contributed by atoms with Crippen molar-refractivity contribution in [3.8, 4) is 0 Å². The normalized spacial score (nSPS) is 16.7. The molecule has 2 heterocycles. The Bertz CT molecular complexity index is 530. The summed E-state index contributed by atoms with van der Waals surface area (Å²) >= 11 is 3.88. The van der Waals surface area contributed by atoms with Crippen LogP contribution in [0.4, 0.5) is 0 Å². The minimum atomic E-state index is 0.452. The van der Waals surface area contributed by atoms with Crippen LogP contribution in [0.15, 0.2) is 41.0 Å². The molecule has 1 fully saturated rings. The molecule has 1 saturated heterocycles. The van der Waals surface area contributed by atoms with Gasteiger partial charge in [-0.1, -0.05) is 30.3 Å². The summed E-state index contributed by atoms with van der Waals surface area (Å²) in [5.41, 5.74) is 2.21. The first-order valence-electron chi connectivity index (χ1n) is 5.83. The number of oxazole rings is 1. The van der Waals surface area contributed by atoms with Crippen LogP contribution in [0.2, 0.25) is 0 Å². The molecule has 1 aliphatic rings. The summed E-state index contributed by atoms with van der Waals surface area (Å²) < 4.78 is 5.93. The van der Waals surface area contributed by atoms with Crippen LogP contribution in [0, 0.1) is 0 Å². The Balaban J connectivity index is 1.72. The van der Waals surface area contributed by atoms with Gasteiger partial charge in [-0.05, 0) is 11.6 Å². The molecule has 18 heavy (non-hydrogen) atoms. The molecule has 0 radical (unpaired) electrons. The largest absolute Gasteiger partial charge is 0.445 e. The van der Waals surface area contributed by atoms with Crippen molar-refractivity contribution < 1.29 is 4.42 Å². The third kappa shape index (κ3) is 2.82. The Hall–Kier alpha value is -1.13. The summed E-state index contributed by atoms with van der Waals surface area (Å²) in [5.74, 6) is 3.09. The van der Waals surface area contributed by atoms with Gasteiger partial charge in [-0.15, -0.1) is 23.5 Å². The van der Waals surface area contributed by atoms with E-state index in [0.29, 0.717) is 10.5 Å². The van der Waals surface area contributed by atoms with Gasteiger partial charge >= 0.3 is 0 Å². The molecule has 0 aliphatic carbocycles. The van der Waals surface area contributed by atoms with Crippen LogP contribution in [0.25, 0.3) is 12.2 Å². The van der Waals surface area contributed by atoms with Gasteiger partial charge in [0.1, 0.15) is 12.0 Å². The first-order chi connectivity index (χ1) is 8.92. The molecule has 4 heteroatoms. The first kappa shape index (κ1) is 11.9. The molecule has 0 bridgehead atoms. The summed E-state index contributed by atoms with van der Waals surface area (Å²) in [7, 11) is 0. The van der Waals surface area contributed by atoms with Gasteiger partial charge in [0, 0.05) is 17.6 Å². The highest BCUT2D eigenvalue weighted by Crippen LogP contribution is 2.44. The molecule has 2 nitrogen and oxygen atoms in total. The maximum atomic E-state index is 5.47. The summed E-state index contributed by atoms with van der Waals surface area (Å²) in [6, 6.07) is 10.2. The molecule has 1 aliphatic heterocycles. The Kier molecular flexibility index (Phi) is 3.76. The highest BCUT2D eigenvalue weighted by atomic mass is 32.2. The highest BCUT2D eigenvalue weighted by molar-refractivity contribution is 8.19. The predicted molar refractivity (Wildman–Crippen MR) is 79.5 cm³/mol. The van der Waals surface area contributed by atoms with Crippen LogP contribution in [0.5, 0.6) is 0 Å². The van der Waals surface area contributed by atoms with E-state index in [1.165, 1.54) is 11.5 Å². The molecule has 0 N–H and O–H groups in total. The Morgan fingerprint density at radius 3 is 2.67 bits per heavy atom. The van der Waals surface area contributed by atoms with E-state index in [1.807, 2.05) is 53.9 Å². The number of nitrogens with zero attached hydrogens (tertiary/aromatic N) is 1. The molecule has 1 aromatic heterocycles. The zero-order valence-electron chi connectivity index (χ0n) is 9.78. The topological polar surface area (TPSA) is 26.0 Å². The summed E-state index contributed by atoms with van der Waals surface area (Å²) in [5, 5.41) is 0. The zero-order valence-corrected chi connectivity index (χ0v) is 11.4. The minimum Gasteiger partial charge on any atom is -0.445 e. The molecule has 0 spiro atoms. The van der Waals surface area contributed by atoms with Crippen LogP contribution >= 0.6 is 23.5 Å². The quantitative estimate of drug-likeness (QED) is 0.833. The third-order valence-corrected chi connectivity index (χ3v) is 5.66. The second-order valence-corrected chi connectivity index (χ2v) is 6.65. The van der Waals surface area contributed by atoms with E-state index in [1.54, 1.807) is 6.26 Å². The molecular weight excluding hydrogens is 262 g/mol. The van der Waals surface area contributed by atoms with Crippen LogP contribution in [0.1, 0.15) is 21.7 Å². The lowest BCUT2D eigenvalue weighted by Crippen LogP contribution is -1.84. The van der Waals surface area contributed by atoms with Crippen molar-refractivity contribution in [3.63, 3.8) is 0 Å². The van der Waals surface area contributed by atoms with E-state index >= 15 is 0 Å². The van der Waals surface area contributed by atoms with E-state index in [9.17, 15) is 0 Å². The van der Waals surface area contributed by atoms with Crippen LogP contribution < -0.4 is 0 Å². The molecular formula is C14H13NOS2. The van der Waals surface area contributed by atoms with E-state index < -0.39 is 0 Å². The molecule has 1 aromatic carbocycles. The van der Waals surface area contributed by atoms with E-state index in [2.05, 4.69) is 17.1 Å². The van der Waals surface area contributed by atoms with Crippen molar-refractivity contribution in [2.24, 2.45) is 0 Å². The second kappa shape index (κ2) is 5.67. The number of thioether (sulfide) groups is 2. The van der Waals surface area contributed by atoms with E-state index in [0.717, 1.165) is 11.3 Å². The molecule has 0 amide bonds. The second-order valence-electron chi connectivity index (χ2n) is 3.93. The summed E-state index contributed by atoms with van der Waals surface area (Å²) in [6.07, 6.45) is 5.72. The van der Waals surface area contributed by atoms with Gasteiger partial charge in [-0.25, -0.2) is 4.98 Å². The minimum absolute atomic E-state index is 0.452. The third-order valence-electron chi connectivity index (χ3n) is 2.62. The van der Waals surface area contributed by atoms with Crippen molar-refractivity contribution in [2.45, 2.75) is 4.58 Å². The Morgan fingerprint density at radius 1 is 1.11 bits per heavy atom. The van der Waals surface area contributed by atoms with Gasteiger partial charge in [0.05, 0.1) is 4.58 Å². The van der Waals surface area contributed by atoms with Crippen molar-refractivity contribution >= 4 is 35.7 Å². The Labute approximate surface area is 115 Å². The molecule has 0 unspecified atom stereocenters. The molecule has 0 atom stereocenters. The fraction of sp³-hybridized carbons (Fsp3) is 0.214. The number of benzene rings is 1.